The molecule has 0 N–H and O–H groups in total. The second kappa shape index (κ2) is 6.37. The summed E-state index contributed by atoms with van der Waals surface area (Å²) in [7, 11) is 0. The highest BCUT2D eigenvalue weighted by Crippen LogP contribution is 2.37. The Morgan fingerprint density at radius 1 is 1.07 bits per heavy atom. The van der Waals surface area contributed by atoms with Gasteiger partial charge in [0.2, 0.25) is 12.7 Å². The Balaban J connectivity index is 1.39. The first-order valence-corrected chi connectivity index (χ1v) is 9.20. The first-order valence-electron chi connectivity index (χ1n) is 9.20. The van der Waals surface area contributed by atoms with Gasteiger partial charge in [0.25, 0.3) is 5.89 Å². The number of fused-ring (bicyclic) bond motifs is 1. The van der Waals surface area contributed by atoms with Crippen molar-refractivity contribution in [1.29, 1.82) is 0 Å². The van der Waals surface area contributed by atoms with Crippen LogP contribution >= 0.6 is 0 Å². The van der Waals surface area contributed by atoms with Crippen molar-refractivity contribution < 1.29 is 18.8 Å². The third-order valence-corrected chi connectivity index (χ3v) is 5.21. The highest BCUT2D eigenvalue weighted by Gasteiger charge is 2.35. The van der Waals surface area contributed by atoms with Crippen molar-refractivity contribution in [2.45, 2.75) is 26.2 Å². The third kappa shape index (κ3) is 2.79. The lowest BCUT2D eigenvalue weighted by atomic mass is 10.1. The second-order valence-corrected chi connectivity index (χ2v) is 7.22. The van der Waals surface area contributed by atoms with Crippen LogP contribution in [0.15, 0.2) is 40.9 Å². The van der Waals surface area contributed by atoms with Crippen molar-refractivity contribution in [3.05, 3.63) is 53.3 Å². The van der Waals surface area contributed by atoms with Gasteiger partial charge in [0.15, 0.2) is 17.3 Å². The van der Waals surface area contributed by atoms with Gasteiger partial charge < -0.3 is 18.9 Å². The highest BCUT2D eigenvalue weighted by molar-refractivity contribution is 5.97. The molecule has 1 unspecified atom stereocenters. The summed E-state index contributed by atoms with van der Waals surface area (Å²) in [4.78, 5) is 19.0. The number of nitrogens with zero attached hydrogens (tertiary/aromatic N) is 3. The lowest BCUT2D eigenvalue weighted by Gasteiger charge is -2.19. The fourth-order valence-electron chi connectivity index (χ4n) is 3.67. The molecular weight excluding hydrogens is 358 g/mol. The number of hydrogen-bond donors (Lipinski definition) is 0. The van der Waals surface area contributed by atoms with Gasteiger partial charge in [-0.3, -0.25) is 4.79 Å². The van der Waals surface area contributed by atoms with Crippen molar-refractivity contribution in [2.75, 3.05) is 18.2 Å². The monoisotopic (exact) mass is 377 g/mol. The number of anilines is 1. The molecule has 3 heterocycles. The molecule has 28 heavy (non-hydrogen) atoms. The van der Waals surface area contributed by atoms with E-state index in [9.17, 15) is 4.79 Å². The van der Waals surface area contributed by atoms with Gasteiger partial charge in [-0.25, -0.2) is 0 Å². The maximum atomic E-state index is 12.6. The fourth-order valence-corrected chi connectivity index (χ4v) is 3.67. The van der Waals surface area contributed by atoms with E-state index in [2.05, 4.69) is 10.1 Å². The van der Waals surface area contributed by atoms with Gasteiger partial charge in [-0.1, -0.05) is 17.3 Å². The first kappa shape index (κ1) is 16.8. The van der Waals surface area contributed by atoms with Gasteiger partial charge in [-0.05, 0) is 49.2 Å². The number of carbonyl (C=O) groups is 1. The molecule has 7 heteroatoms. The molecule has 0 bridgehead atoms. The van der Waals surface area contributed by atoms with Crippen molar-refractivity contribution in [2.24, 2.45) is 0 Å². The fraction of sp³-hybridized carbons (Fsp3) is 0.286. The molecular formula is C21H19N3O4. The lowest BCUT2D eigenvalue weighted by Crippen LogP contribution is -2.25. The van der Waals surface area contributed by atoms with Crippen LogP contribution in [0.2, 0.25) is 0 Å². The Kier molecular flexibility index (Phi) is 3.82. The van der Waals surface area contributed by atoms with Gasteiger partial charge in [0.05, 0.1) is 0 Å². The molecule has 0 aliphatic carbocycles. The third-order valence-electron chi connectivity index (χ3n) is 5.21. The Morgan fingerprint density at radius 2 is 1.93 bits per heavy atom. The van der Waals surface area contributed by atoms with Crippen LogP contribution in [0.4, 0.5) is 5.69 Å². The minimum absolute atomic E-state index is 0.0770. The highest BCUT2D eigenvalue weighted by atomic mass is 16.7. The topological polar surface area (TPSA) is 77.7 Å². The van der Waals surface area contributed by atoms with Crippen molar-refractivity contribution in [3.63, 3.8) is 0 Å². The molecule has 0 saturated carbocycles. The van der Waals surface area contributed by atoms with Crippen LogP contribution < -0.4 is 14.4 Å². The number of carbonyl (C=O) groups excluding carboxylic acids is 1. The molecule has 142 valence electrons. The van der Waals surface area contributed by atoms with Crippen LogP contribution in [-0.4, -0.2) is 29.4 Å². The van der Waals surface area contributed by atoms with E-state index in [0.717, 1.165) is 22.4 Å². The summed E-state index contributed by atoms with van der Waals surface area (Å²) in [6.07, 6.45) is 0.369. The normalized spacial score (nSPS) is 18.1. The molecule has 2 aliphatic rings. The first-order chi connectivity index (χ1) is 13.6. The van der Waals surface area contributed by atoms with E-state index < -0.39 is 0 Å². The van der Waals surface area contributed by atoms with E-state index in [1.54, 1.807) is 0 Å². The lowest BCUT2D eigenvalue weighted by molar-refractivity contribution is -0.117. The second-order valence-electron chi connectivity index (χ2n) is 7.22. The Hall–Kier alpha value is -3.35. The van der Waals surface area contributed by atoms with E-state index in [-0.39, 0.29) is 18.6 Å². The van der Waals surface area contributed by atoms with Crippen LogP contribution in [0.1, 0.15) is 29.3 Å². The van der Waals surface area contributed by atoms with E-state index >= 15 is 0 Å². The summed E-state index contributed by atoms with van der Waals surface area (Å²) < 4.78 is 16.2. The van der Waals surface area contributed by atoms with Gasteiger partial charge in [-0.15, -0.1) is 0 Å². The standard InChI is InChI=1S/C21H19N3O4/c1-12-3-4-13(2)16(7-12)24-10-15(9-19(24)25)20-22-21(28-23-20)14-5-6-17-18(8-14)27-11-26-17/h3-8,15H,9-11H2,1-2H3. The van der Waals surface area contributed by atoms with Gasteiger partial charge in [-0.2, -0.15) is 4.98 Å². The van der Waals surface area contributed by atoms with Crippen LogP contribution in [0.5, 0.6) is 11.5 Å². The number of hydrogen-bond acceptors (Lipinski definition) is 6. The smallest absolute Gasteiger partial charge is 0.258 e. The molecule has 5 rings (SSSR count). The summed E-state index contributed by atoms with van der Waals surface area (Å²) in [5.74, 6) is 2.30. The van der Waals surface area contributed by atoms with Crippen LogP contribution in [-0.2, 0) is 4.79 Å². The molecule has 1 amide bonds. The van der Waals surface area contributed by atoms with Crippen LogP contribution in [0, 0.1) is 13.8 Å². The summed E-state index contributed by atoms with van der Waals surface area (Å²) in [5, 5.41) is 4.13. The Morgan fingerprint density at radius 3 is 2.82 bits per heavy atom. The van der Waals surface area contributed by atoms with Crippen LogP contribution in [0.3, 0.4) is 0 Å². The number of aryl methyl sites for hydroxylation is 2. The largest absolute Gasteiger partial charge is 0.454 e. The number of ether oxygens (including phenoxy) is 2. The zero-order valence-corrected chi connectivity index (χ0v) is 15.6. The summed E-state index contributed by atoms with van der Waals surface area (Å²) in [6.45, 7) is 4.80. The minimum atomic E-state index is -0.0982. The number of rotatable bonds is 3. The minimum Gasteiger partial charge on any atom is -0.454 e. The van der Waals surface area contributed by atoms with Crippen molar-refractivity contribution in [1.82, 2.24) is 10.1 Å². The van der Waals surface area contributed by atoms with E-state index in [1.807, 2.05) is 55.1 Å². The molecule has 1 atom stereocenters. The SMILES string of the molecule is Cc1ccc(C)c(N2CC(c3noc(-c4ccc5c(c4)OCO5)n3)CC2=O)c1. The quantitative estimate of drug-likeness (QED) is 0.694. The summed E-state index contributed by atoms with van der Waals surface area (Å²) in [5.41, 5.74) is 3.92. The zero-order chi connectivity index (χ0) is 19.3. The van der Waals surface area contributed by atoms with E-state index in [4.69, 9.17) is 14.0 Å². The van der Waals surface area contributed by atoms with Crippen molar-refractivity contribution in [3.8, 4) is 23.0 Å². The molecule has 0 radical (unpaired) electrons. The van der Waals surface area contributed by atoms with Crippen LogP contribution in [0.25, 0.3) is 11.5 Å². The molecule has 7 nitrogen and oxygen atoms in total. The Labute approximate surface area is 161 Å². The molecule has 2 aliphatic heterocycles. The number of amides is 1. The molecule has 1 fully saturated rings. The van der Waals surface area contributed by atoms with Crippen molar-refractivity contribution >= 4 is 11.6 Å². The maximum Gasteiger partial charge on any atom is 0.258 e. The Bertz CT molecular complexity index is 1080. The van der Waals surface area contributed by atoms with Gasteiger partial charge in [0, 0.05) is 30.1 Å². The number of benzene rings is 2. The van der Waals surface area contributed by atoms with E-state index in [0.29, 0.717) is 36.2 Å². The molecule has 1 saturated heterocycles. The summed E-state index contributed by atoms with van der Waals surface area (Å²) >= 11 is 0. The molecule has 3 aromatic rings. The predicted octanol–water partition coefficient (Wildman–Crippen LogP) is 3.60. The van der Waals surface area contributed by atoms with E-state index in [1.165, 1.54) is 0 Å². The average Bonchev–Trinajstić information content (AvgIpc) is 3.42. The predicted molar refractivity (Wildman–Crippen MR) is 101 cm³/mol. The maximum absolute atomic E-state index is 12.6. The average molecular weight is 377 g/mol. The molecule has 1 aromatic heterocycles. The van der Waals surface area contributed by atoms with Gasteiger partial charge in [0.1, 0.15) is 0 Å². The molecule has 0 spiro atoms. The zero-order valence-electron chi connectivity index (χ0n) is 15.6. The number of aromatic nitrogens is 2. The molecule has 2 aromatic carbocycles. The van der Waals surface area contributed by atoms with Gasteiger partial charge >= 0.3 is 0 Å². The summed E-state index contributed by atoms with van der Waals surface area (Å²) in [6, 6.07) is 11.6.